The Balaban J connectivity index is 0.00000196. The van der Waals surface area contributed by atoms with E-state index in [9.17, 15) is 4.79 Å². The van der Waals surface area contributed by atoms with Crippen LogP contribution in [0.2, 0.25) is 0 Å². The highest BCUT2D eigenvalue weighted by molar-refractivity contribution is 7.98. The van der Waals surface area contributed by atoms with Gasteiger partial charge in [0.05, 0.1) is 0 Å². The Morgan fingerprint density at radius 2 is 2.40 bits per heavy atom. The number of hydrogen-bond donors (Lipinski definition) is 2. The third-order valence-electron chi connectivity index (χ3n) is 2.46. The second-order valence-electron chi connectivity index (χ2n) is 3.99. The second-order valence-corrected chi connectivity index (χ2v) is 4.90. The molecule has 1 aliphatic heterocycles. The summed E-state index contributed by atoms with van der Waals surface area (Å²) < 4.78 is 0. The van der Waals surface area contributed by atoms with E-state index in [0.717, 1.165) is 25.3 Å². The fourth-order valence-electron chi connectivity index (χ4n) is 1.78. The number of halogens is 1. The first-order chi connectivity index (χ1) is 6.72. The molecule has 0 saturated carbocycles. The molecule has 1 saturated heterocycles. The standard InChI is InChI=1S/C10H20N2OS.ClH/c1-8(7-14-2)12-10(13)5-9-3-4-11-6-9;/h8-9,11H,3-7H2,1-2H3,(H,12,13);1H. The molecule has 0 aliphatic carbocycles. The van der Waals surface area contributed by atoms with E-state index in [1.807, 2.05) is 0 Å². The van der Waals surface area contributed by atoms with Gasteiger partial charge in [0.2, 0.25) is 5.91 Å². The Morgan fingerprint density at radius 1 is 1.67 bits per heavy atom. The highest BCUT2D eigenvalue weighted by Gasteiger charge is 2.18. The van der Waals surface area contributed by atoms with Crippen LogP contribution in [0, 0.1) is 5.92 Å². The van der Waals surface area contributed by atoms with Gasteiger partial charge in [-0.3, -0.25) is 4.79 Å². The quantitative estimate of drug-likeness (QED) is 0.775. The van der Waals surface area contributed by atoms with Crippen molar-refractivity contribution in [2.75, 3.05) is 25.1 Å². The van der Waals surface area contributed by atoms with Crippen molar-refractivity contribution in [2.24, 2.45) is 5.92 Å². The van der Waals surface area contributed by atoms with Crippen molar-refractivity contribution in [1.29, 1.82) is 0 Å². The van der Waals surface area contributed by atoms with Gasteiger partial charge in [-0.25, -0.2) is 0 Å². The maximum Gasteiger partial charge on any atom is 0.220 e. The average Bonchev–Trinajstić information content (AvgIpc) is 2.56. The third kappa shape index (κ3) is 6.28. The lowest BCUT2D eigenvalue weighted by molar-refractivity contribution is -0.122. The molecule has 15 heavy (non-hydrogen) atoms. The molecule has 1 amide bonds. The lowest BCUT2D eigenvalue weighted by Crippen LogP contribution is -2.35. The molecule has 2 atom stereocenters. The summed E-state index contributed by atoms with van der Waals surface area (Å²) in [6.45, 7) is 4.13. The minimum atomic E-state index is 0. The normalized spacial score (nSPS) is 21.9. The highest BCUT2D eigenvalue weighted by Crippen LogP contribution is 2.11. The van der Waals surface area contributed by atoms with Crippen molar-refractivity contribution >= 4 is 30.1 Å². The number of carbonyl (C=O) groups is 1. The molecule has 1 rings (SSSR count). The second kappa shape index (κ2) is 8.25. The first-order valence-electron chi connectivity index (χ1n) is 5.21. The van der Waals surface area contributed by atoms with Crippen LogP contribution < -0.4 is 10.6 Å². The van der Waals surface area contributed by atoms with E-state index in [1.165, 1.54) is 0 Å². The van der Waals surface area contributed by atoms with E-state index in [2.05, 4.69) is 23.8 Å². The van der Waals surface area contributed by atoms with E-state index in [-0.39, 0.29) is 18.3 Å². The van der Waals surface area contributed by atoms with E-state index < -0.39 is 0 Å². The van der Waals surface area contributed by atoms with Crippen molar-refractivity contribution in [3.8, 4) is 0 Å². The number of hydrogen-bond acceptors (Lipinski definition) is 3. The molecule has 5 heteroatoms. The van der Waals surface area contributed by atoms with E-state index in [4.69, 9.17) is 0 Å². The van der Waals surface area contributed by atoms with Crippen LogP contribution in [-0.4, -0.2) is 37.0 Å². The van der Waals surface area contributed by atoms with Crippen molar-refractivity contribution < 1.29 is 4.79 Å². The molecular formula is C10H21ClN2OS. The number of thioether (sulfide) groups is 1. The third-order valence-corrected chi connectivity index (χ3v) is 3.29. The number of nitrogens with one attached hydrogen (secondary N) is 2. The highest BCUT2D eigenvalue weighted by atomic mass is 35.5. The molecule has 1 heterocycles. The van der Waals surface area contributed by atoms with Crippen molar-refractivity contribution in [1.82, 2.24) is 10.6 Å². The van der Waals surface area contributed by atoms with Gasteiger partial charge in [0.15, 0.2) is 0 Å². The lowest BCUT2D eigenvalue weighted by atomic mass is 10.0. The molecule has 0 radical (unpaired) electrons. The Morgan fingerprint density at radius 3 is 2.93 bits per heavy atom. The molecule has 90 valence electrons. The predicted octanol–water partition coefficient (Wildman–Crippen LogP) is 1.28. The Kier molecular flexibility index (Phi) is 8.29. The van der Waals surface area contributed by atoms with Crippen LogP contribution in [0.1, 0.15) is 19.8 Å². The molecule has 3 nitrogen and oxygen atoms in total. The Bertz CT molecular complexity index is 186. The molecule has 0 aromatic rings. The van der Waals surface area contributed by atoms with Crippen molar-refractivity contribution in [2.45, 2.75) is 25.8 Å². The van der Waals surface area contributed by atoms with E-state index in [1.54, 1.807) is 11.8 Å². The minimum absolute atomic E-state index is 0. The van der Waals surface area contributed by atoms with E-state index >= 15 is 0 Å². The van der Waals surface area contributed by atoms with Gasteiger partial charge < -0.3 is 10.6 Å². The molecule has 0 aromatic carbocycles. The van der Waals surface area contributed by atoms with Gasteiger partial charge >= 0.3 is 0 Å². The summed E-state index contributed by atoms with van der Waals surface area (Å²) in [7, 11) is 0. The average molecular weight is 253 g/mol. The zero-order chi connectivity index (χ0) is 10.4. The maximum absolute atomic E-state index is 11.5. The van der Waals surface area contributed by atoms with Gasteiger partial charge in [0.25, 0.3) is 0 Å². The number of amides is 1. The molecule has 0 spiro atoms. The summed E-state index contributed by atoms with van der Waals surface area (Å²) in [6.07, 6.45) is 3.89. The molecule has 0 bridgehead atoms. The van der Waals surface area contributed by atoms with Gasteiger partial charge in [-0.15, -0.1) is 12.4 Å². The summed E-state index contributed by atoms with van der Waals surface area (Å²) in [5, 5.41) is 6.29. The van der Waals surface area contributed by atoms with Crippen LogP contribution in [0.25, 0.3) is 0 Å². The molecule has 0 aromatic heterocycles. The monoisotopic (exact) mass is 252 g/mol. The number of carbonyl (C=O) groups excluding carboxylic acids is 1. The topological polar surface area (TPSA) is 41.1 Å². The smallest absolute Gasteiger partial charge is 0.220 e. The van der Waals surface area contributed by atoms with Crippen molar-refractivity contribution in [3.05, 3.63) is 0 Å². The van der Waals surface area contributed by atoms with Gasteiger partial charge in [-0.1, -0.05) is 0 Å². The summed E-state index contributed by atoms with van der Waals surface area (Å²) in [4.78, 5) is 11.5. The fourth-order valence-corrected chi connectivity index (χ4v) is 2.36. The van der Waals surface area contributed by atoms with Crippen LogP contribution in [0.15, 0.2) is 0 Å². The Labute approximate surface area is 103 Å². The number of rotatable bonds is 5. The van der Waals surface area contributed by atoms with Crippen LogP contribution in [0.4, 0.5) is 0 Å². The lowest BCUT2D eigenvalue weighted by Gasteiger charge is -2.14. The zero-order valence-corrected chi connectivity index (χ0v) is 11.0. The summed E-state index contributed by atoms with van der Waals surface area (Å²) in [6, 6.07) is 0.298. The van der Waals surface area contributed by atoms with Crippen LogP contribution in [0.3, 0.4) is 0 Å². The molecule has 1 aliphatic rings. The Hall–Kier alpha value is 0.0700. The molecule has 1 fully saturated rings. The van der Waals surface area contributed by atoms with Gasteiger partial charge in [0, 0.05) is 18.2 Å². The van der Waals surface area contributed by atoms with Crippen LogP contribution in [0.5, 0.6) is 0 Å². The van der Waals surface area contributed by atoms with Gasteiger partial charge in [0.1, 0.15) is 0 Å². The summed E-state index contributed by atoms with van der Waals surface area (Å²) in [5.41, 5.74) is 0. The maximum atomic E-state index is 11.5. The van der Waals surface area contributed by atoms with E-state index in [0.29, 0.717) is 18.4 Å². The first kappa shape index (κ1) is 15.1. The van der Waals surface area contributed by atoms with Crippen molar-refractivity contribution in [3.63, 3.8) is 0 Å². The zero-order valence-electron chi connectivity index (χ0n) is 9.41. The minimum Gasteiger partial charge on any atom is -0.353 e. The molecule has 2 unspecified atom stereocenters. The summed E-state index contributed by atoms with van der Waals surface area (Å²) in [5.74, 6) is 1.76. The first-order valence-corrected chi connectivity index (χ1v) is 6.60. The van der Waals surface area contributed by atoms with Crippen LogP contribution in [-0.2, 0) is 4.79 Å². The summed E-state index contributed by atoms with van der Waals surface area (Å²) >= 11 is 1.77. The SMILES string of the molecule is CSCC(C)NC(=O)CC1CCNC1.Cl. The predicted molar refractivity (Wildman–Crippen MR) is 68.8 cm³/mol. The largest absolute Gasteiger partial charge is 0.353 e. The van der Waals surface area contributed by atoms with Gasteiger partial charge in [-0.2, -0.15) is 11.8 Å². The molecule has 2 N–H and O–H groups in total. The van der Waals surface area contributed by atoms with Crippen LogP contribution >= 0.6 is 24.2 Å². The molecular weight excluding hydrogens is 232 g/mol. The van der Waals surface area contributed by atoms with Gasteiger partial charge in [-0.05, 0) is 38.6 Å². The fraction of sp³-hybridized carbons (Fsp3) is 0.900.